The molecule has 0 aromatic heterocycles. The van der Waals surface area contributed by atoms with E-state index in [1.807, 2.05) is 24.3 Å². The van der Waals surface area contributed by atoms with Crippen molar-refractivity contribution >= 4 is 6.08 Å². The Balaban J connectivity index is 2.17. The van der Waals surface area contributed by atoms with Crippen LogP contribution < -0.4 is 0 Å². The average Bonchev–Trinajstić information content (AvgIpc) is 2.05. The Hall–Kier alpha value is -1.50. The molecule has 2 rings (SSSR count). The third-order valence-corrected chi connectivity index (χ3v) is 2.25. The topological polar surface area (TPSA) is 20.2 Å². The van der Waals surface area contributed by atoms with E-state index in [2.05, 4.69) is 12.2 Å². The highest BCUT2D eigenvalue weighted by atomic mass is 16.3. The van der Waals surface area contributed by atoms with Gasteiger partial charge in [-0.25, -0.2) is 0 Å². The first-order chi connectivity index (χ1) is 6.36. The minimum Gasteiger partial charge on any atom is -0.507 e. The smallest absolute Gasteiger partial charge is 0.122 e. The van der Waals surface area contributed by atoms with Crippen LogP contribution in [0.4, 0.5) is 0 Å². The summed E-state index contributed by atoms with van der Waals surface area (Å²) in [6, 6.07) is 7.36. The van der Waals surface area contributed by atoms with Gasteiger partial charge in [0.1, 0.15) is 5.75 Å². The molecule has 0 saturated carbocycles. The van der Waals surface area contributed by atoms with E-state index in [4.69, 9.17) is 0 Å². The Bertz CT molecular complexity index is 361. The Morgan fingerprint density at radius 1 is 1.15 bits per heavy atom. The molecule has 0 heterocycles. The second-order valence-electron chi connectivity index (χ2n) is 3.21. The first-order valence-electron chi connectivity index (χ1n) is 4.51. The van der Waals surface area contributed by atoms with Crippen molar-refractivity contribution in [1.82, 2.24) is 0 Å². The maximum Gasteiger partial charge on any atom is 0.122 e. The molecule has 1 aromatic rings. The third-order valence-electron chi connectivity index (χ3n) is 2.25. The fourth-order valence-electron chi connectivity index (χ4n) is 1.29. The maximum atomic E-state index is 9.44. The van der Waals surface area contributed by atoms with Gasteiger partial charge in [-0.3, -0.25) is 0 Å². The zero-order chi connectivity index (χ0) is 9.10. The zero-order valence-corrected chi connectivity index (χ0v) is 7.40. The minimum absolute atomic E-state index is 0.346. The molecule has 0 atom stereocenters. The Morgan fingerprint density at radius 3 is 2.54 bits per heavy atom. The highest BCUT2D eigenvalue weighted by Gasteiger charge is 2.01. The van der Waals surface area contributed by atoms with E-state index in [-0.39, 0.29) is 0 Å². The van der Waals surface area contributed by atoms with Crippen molar-refractivity contribution < 1.29 is 5.11 Å². The molecule has 0 fully saturated rings. The molecule has 0 radical (unpaired) electrons. The lowest BCUT2D eigenvalue weighted by molar-refractivity contribution is 0.474. The summed E-state index contributed by atoms with van der Waals surface area (Å²) in [5.41, 5.74) is 2.25. The van der Waals surface area contributed by atoms with Gasteiger partial charge in [0.15, 0.2) is 0 Å². The van der Waals surface area contributed by atoms with E-state index in [0.29, 0.717) is 5.75 Å². The van der Waals surface area contributed by atoms with Crippen LogP contribution in [0.15, 0.2) is 42.0 Å². The number of rotatable bonds is 2. The van der Waals surface area contributed by atoms with Crippen LogP contribution in [0, 0.1) is 0 Å². The van der Waals surface area contributed by atoms with Gasteiger partial charge in [-0.05, 0) is 18.9 Å². The van der Waals surface area contributed by atoms with Crippen LogP contribution in [-0.2, 0) is 0 Å². The van der Waals surface area contributed by atoms with E-state index in [1.165, 1.54) is 18.4 Å². The Kier molecular flexibility index (Phi) is 2.17. The molecule has 13 heavy (non-hydrogen) atoms. The molecule has 66 valence electrons. The highest BCUT2D eigenvalue weighted by Crippen LogP contribution is 2.22. The molecule has 0 amide bonds. The second kappa shape index (κ2) is 3.48. The first-order valence-corrected chi connectivity index (χ1v) is 4.51. The van der Waals surface area contributed by atoms with Crippen molar-refractivity contribution in [3.63, 3.8) is 0 Å². The van der Waals surface area contributed by atoms with E-state index < -0.39 is 0 Å². The van der Waals surface area contributed by atoms with Crippen LogP contribution in [0.3, 0.4) is 0 Å². The SMILES string of the molecule is Oc1ccccc1C=CC1=CCC1. The molecular weight excluding hydrogens is 160 g/mol. The summed E-state index contributed by atoms with van der Waals surface area (Å²) in [6.07, 6.45) is 8.60. The number of aromatic hydroxyl groups is 1. The van der Waals surface area contributed by atoms with Crippen molar-refractivity contribution in [1.29, 1.82) is 0 Å². The molecule has 1 nitrogen and oxygen atoms in total. The number of hydrogen-bond acceptors (Lipinski definition) is 1. The molecule has 0 bridgehead atoms. The number of phenols is 1. The lowest BCUT2D eigenvalue weighted by Gasteiger charge is -2.08. The van der Waals surface area contributed by atoms with Gasteiger partial charge in [-0.1, -0.05) is 42.0 Å². The van der Waals surface area contributed by atoms with E-state index in [1.54, 1.807) is 6.07 Å². The lowest BCUT2D eigenvalue weighted by Crippen LogP contribution is -1.88. The third kappa shape index (κ3) is 1.81. The summed E-state index contributed by atoms with van der Waals surface area (Å²) in [5.74, 6) is 0.346. The van der Waals surface area contributed by atoms with Crippen LogP contribution >= 0.6 is 0 Å². The molecule has 1 aromatic carbocycles. The predicted molar refractivity (Wildman–Crippen MR) is 54.5 cm³/mol. The van der Waals surface area contributed by atoms with E-state index in [9.17, 15) is 5.11 Å². The quantitative estimate of drug-likeness (QED) is 0.726. The molecule has 0 saturated heterocycles. The molecule has 1 aliphatic carbocycles. The van der Waals surface area contributed by atoms with Gasteiger partial charge in [-0.2, -0.15) is 0 Å². The van der Waals surface area contributed by atoms with Crippen molar-refractivity contribution in [3.05, 3.63) is 47.6 Å². The minimum atomic E-state index is 0.346. The van der Waals surface area contributed by atoms with Crippen molar-refractivity contribution in [2.75, 3.05) is 0 Å². The summed E-state index contributed by atoms with van der Waals surface area (Å²) in [7, 11) is 0. The van der Waals surface area contributed by atoms with Crippen LogP contribution in [0.2, 0.25) is 0 Å². The fourth-order valence-corrected chi connectivity index (χ4v) is 1.29. The maximum absolute atomic E-state index is 9.44. The largest absolute Gasteiger partial charge is 0.507 e. The molecule has 1 aliphatic rings. The van der Waals surface area contributed by atoms with E-state index in [0.717, 1.165) is 5.56 Å². The first kappa shape index (κ1) is 8.11. The zero-order valence-electron chi connectivity index (χ0n) is 7.40. The van der Waals surface area contributed by atoms with Crippen molar-refractivity contribution in [2.45, 2.75) is 12.8 Å². The summed E-state index contributed by atoms with van der Waals surface area (Å²) in [6.45, 7) is 0. The van der Waals surface area contributed by atoms with Crippen molar-refractivity contribution in [2.24, 2.45) is 0 Å². The number of hydrogen-bond donors (Lipinski definition) is 1. The van der Waals surface area contributed by atoms with Gasteiger partial charge >= 0.3 is 0 Å². The van der Waals surface area contributed by atoms with Crippen molar-refractivity contribution in [3.8, 4) is 5.75 Å². The average molecular weight is 172 g/mol. The molecule has 0 unspecified atom stereocenters. The van der Waals surface area contributed by atoms with Gasteiger partial charge in [-0.15, -0.1) is 0 Å². The monoisotopic (exact) mass is 172 g/mol. The van der Waals surface area contributed by atoms with Crippen LogP contribution in [-0.4, -0.2) is 5.11 Å². The molecule has 1 heteroatoms. The number of allylic oxidation sites excluding steroid dienone is 3. The van der Waals surface area contributed by atoms with Gasteiger partial charge in [0.05, 0.1) is 0 Å². The Labute approximate surface area is 78.0 Å². The summed E-state index contributed by atoms with van der Waals surface area (Å²) in [5, 5.41) is 9.44. The van der Waals surface area contributed by atoms with Crippen LogP contribution in [0.25, 0.3) is 6.08 Å². The summed E-state index contributed by atoms with van der Waals surface area (Å²) < 4.78 is 0. The van der Waals surface area contributed by atoms with Crippen LogP contribution in [0.5, 0.6) is 5.75 Å². The van der Waals surface area contributed by atoms with Gasteiger partial charge in [0, 0.05) is 5.56 Å². The standard InChI is InChI=1S/C12H12O/c13-12-7-2-1-6-11(12)9-8-10-4-3-5-10/h1-2,4,6-9,13H,3,5H2. The molecule has 0 aliphatic heterocycles. The summed E-state index contributed by atoms with van der Waals surface area (Å²) in [4.78, 5) is 0. The summed E-state index contributed by atoms with van der Waals surface area (Å²) >= 11 is 0. The second-order valence-corrected chi connectivity index (χ2v) is 3.21. The molecular formula is C12H12O. The number of para-hydroxylation sites is 1. The number of benzene rings is 1. The molecule has 1 N–H and O–H groups in total. The number of phenolic OH excluding ortho intramolecular Hbond substituents is 1. The Morgan fingerprint density at radius 2 is 1.92 bits per heavy atom. The van der Waals surface area contributed by atoms with Gasteiger partial charge in [0.2, 0.25) is 0 Å². The predicted octanol–water partition coefficient (Wildman–Crippen LogP) is 3.13. The normalized spacial score (nSPS) is 15.5. The molecule has 0 spiro atoms. The van der Waals surface area contributed by atoms with Gasteiger partial charge < -0.3 is 5.11 Å². The van der Waals surface area contributed by atoms with Crippen LogP contribution in [0.1, 0.15) is 18.4 Å². The van der Waals surface area contributed by atoms with Gasteiger partial charge in [0.25, 0.3) is 0 Å². The van der Waals surface area contributed by atoms with E-state index >= 15 is 0 Å². The highest BCUT2D eigenvalue weighted by molar-refractivity contribution is 5.59. The lowest BCUT2D eigenvalue weighted by atomic mass is 9.98. The fraction of sp³-hybridized carbons (Fsp3) is 0.167.